The van der Waals surface area contributed by atoms with Crippen LogP contribution in [0, 0.1) is 29.9 Å². The summed E-state index contributed by atoms with van der Waals surface area (Å²) in [6, 6.07) is 8.80. The van der Waals surface area contributed by atoms with Gasteiger partial charge in [0.25, 0.3) is 11.8 Å². The van der Waals surface area contributed by atoms with Crippen molar-refractivity contribution in [3.63, 3.8) is 0 Å². The molecule has 0 aliphatic carbocycles. The Balaban J connectivity index is 1.78. The van der Waals surface area contributed by atoms with Crippen LogP contribution in [0.3, 0.4) is 0 Å². The predicted octanol–water partition coefficient (Wildman–Crippen LogP) is 3.02. The highest BCUT2D eigenvalue weighted by Crippen LogP contribution is 2.24. The second-order valence-corrected chi connectivity index (χ2v) is 6.12. The zero-order valence-electron chi connectivity index (χ0n) is 15.0. The maximum atomic E-state index is 13.7. The molecule has 0 unspecified atom stereocenters. The minimum Gasteiger partial charge on any atom is -0.495 e. The van der Waals surface area contributed by atoms with Crippen molar-refractivity contribution in [1.82, 2.24) is 4.90 Å². The van der Waals surface area contributed by atoms with Crippen molar-refractivity contribution in [1.29, 1.82) is 5.26 Å². The van der Waals surface area contributed by atoms with Gasteiger partial charge in [0.05, 0.1) is 19.2 Å². The van der Waals surface area contributed by atoms with Gasteiger partial charge in [-0.05, 0) is 36.8 Å². The Kier molecular flexibility index (Phi) is 5.09. The average molecular weight is 383 g/mol. The van der Waals surface area contributed by atoms with Gasteiger partial charge in [0.15, 0.2) is 0 Å². The normalized spacial score (nSPS) is 13.4. The van der Waals surface area contributed by atoms with Gasteiger partial charge in [0.1, 0.15) is 29.2 Å². The summed E-state index contributed by atoms with van der Waals surface area (Å²) in [5, 5.41) is 11.7. The molecular weight excluding hydrogens is 368 g/mol. The van der Waals surface area contributed by atoms with Crippen LogP contribution in [0.5, 0.6) is 5.75 Å². The van der Waals surface area contributed by atoms with Crippen molar-refractivity contribution in [3.8, 4) is 11.8 Å². The molecule has 0 atom stereocenters. The van der Waals surface area contributed by atoms with Crippen LogP contribution in [0.4, 0.5) is 14.5 Å². The van der Waals surface area contributed by atoms with Crippen molar-refractivity contribution in [3.05, 3.63) is 70.4 Å². The second-order valence-electron chi connectivity index (χ2n) is 6.12. The first-order valence-electron chi connectivity index (χ1n) is 8.21. The molecule has 0 spiro atoms. The number of methoxy groups -OCH3 is 1. The van der Waals surface area contributed by atoms with E-state index in [1.165, 1.54) is 20.1 Å². The highest BCUT2D eigenvalue weighted by molar-refractivity contribution is 6.17. The summed E-state index contributed by atoms with van der Waals surface area (Å²) in [6.07, 6.45) is 1.06. The first-order valence-corrected chi connectivity index (χ1v) is 8.21. The van der Waals surface area contributed by atoms with Crippen molar-refractivity contribution in [2.24, 2.45) is 0 Å². The van der Waals surface area contributed by atoms with Crippen molar-refractivity contribution in [2.45, 2.75) is 13.5 Å². The summed E-state index contributed by atoms with van der Waals surface area (Å²) in [5.74, 6) is -2.36. The van der Waals surface area contributed by atoms with Crippen LogP contribution in [0.2, 0.25) is 0 Å². The van der Waals surface area contributed by atoms with E-state index in [9.17, 15) is 18.4 Å². The van der Waals surface area contributed by atoms with E-state index in [1.807, 2.05) is 6.07 Å². The maximum Gasteiger partial charge on any atom is 0.277 e. The summed E-state index contributed by atoms with van der Waals surface area (Å²) in [6.45, 7) is 1.23. The molecular formula is C20H15F2N3O3. The zero-order valence-corrected chi connectivity index (χ0v) is 15.0. The number of carbonyl (C=O) groups is 2. The van der Waals surface area contributed by atoms with Crippen LogP contribution in [0.1, 0.15) is 16.7 Å². The summed E-state index contributed by atoms with van der Waals surface area (Å²) >= 11 is 0. The van der Waals surface area contributed by atoms with E-state index in [4.69, 9.17) is 10.00 Å². The SMILES string of the molecule is COc1ccc(CN2C(=O)C=C(Nc3cc(F)c(C)c(F)c3)C2=O)cc1C#N. The number of ether oxygens (including phenoxy) is 1. The van der Waals surface area contributed by atoms with Gasteiger partial charge in [-0.15, -0.1) is 0 Å². The van der Waals surface area contributed by atoms with Crippen LogP contribution in [0.25, 0.3) is 0 Å². The molecule has 2 aromatic carbocycles. The van der Waals surface area contributed by atoms with Crippen LogP contribution >= 0.6 is 0 Å². The lowest BCUT2D eigenvalue weighted by Gasteiger charge is -2.16. The zero-order chi connectivity index (χ0) is 20.4. The van der Waals surface area contributed by atoms with Crippen molar-refractivity contribution >= 4 is 17.5 Å². The fourth-order valence-corrected chi connectivity index (χ4v) is 2.74. The molecule has 0 bridgehead atoms. The van der Waals surface area contributed by atoms with Crippen molar-refractivity contribution in [2.75, 3.05) is 12.4 Å². The number of amides is 2. The Bertz CT molecular complexity index is 1030. The fourth-order valence-electron chi connectivity index (χ4n) is 2.74. The first-order chi connectivity index (χ1) is 13.3. The minimum absolute atomic E-state index is 0.0195. The van der Waals surface area contributed by atoms with Gasteiger partial charge in [-0.1, -0.05) is 6.07 Å². The molecule has 6 nitrogen and oxygen atoms in total. The number of halogens is 2. The number of carbonyl (C=O) groups excluding carboxylic acids is 2. The minimum atomic E-state index is -0.765. The molecule has 2 amide bonds. The topological polar surface area (TPSA) is 82.4 Å². The number of rotatable bonds is 5. The van der Waals surface area contributed by atoms with Gasteiger partial charge in [-0.3, -0.25) is 14.5 Å². The molecule has 1 aliphatic rings. The fraction of sp³-hybridized carbons (Fsp3) is 0.150. The first kappa shape index (κ1) is 19.0. The van der Waals surface area contributed by atoms with Gasteiger partial charge < -0.3 is 10.1 Å². The third kappa shape index (κ3) is 3.55. The molecule has 1 aliphatic heterocycles. The molecule has 0 radical (unpaired) electrons. The summed E-state index contributed by atoms with van der Waals surface area (Å²) in [7, 11) is 1.43. The molecule has 2 aromatic rings. The molecule has 0 aromatic heterocycles. The van der Waals surface area contributed by atoms with Crippen LogP contribution < -0.4 is 10.1 Å². The van der Waals surface area contributed by atoms with E-state index >= 15 is 0 Å². The molecule has 142 valence electrons. The summed E-state index contributed by atoms with van der Waals surface area (Å²) in [5.41, 5.74) is 0.618. The van der Waals surface area contributed by atoms with Crippen molar-refractivity contribution < 1.29 is 23.1 Å². The summed E-state index contributed by atoms with van der Waals surface area (Å²) in [4.78, 5) is 25.7. The Hall–Kier alpha value is -3.73. The number of hydrogen-bond acceptors (Lipinski definition) is 5. The number of anilines is 1. The smallest absolute Gasteiger partial charge is 0.277 e. The predicted molar refractivity (Wildman–Crippen MR) is 96.1 cm³/mol. The number of nitriles is 1. The number of hydrogen-bond donors (Lipinski definition) is 1. The molecule has 0 saturated heterocycles. The molecule has 0 saturated carbocycles. The molecule has 28 heavy (non-hydrogen) atoms. The largest absolute Gasteiger partial charge is 0.495 e. The van der Waals surface area contributed by atoms with Gasteiger partial charge >= 0.3 is 0 Å². The Labute approximate surface area is 159 Å². The molecule has 1 heterocycles. The van der Waals surface area contributed by atoms with Gasteiger partial charge in [-0.2, -0.15) is 5.26 Å². The van der Waals surface area contributed by atoms with Gasteiger partial charge in [-0.25, -0.2) is 8.78 Å². The molecule has 0 fully saturated rings. The van der Waals surface area contributed by atoms with E-state index in [1.54, 1.807) is 12.1 Å². The molecule has 8 heteroatoms. The third-order valence-electron chi connectivity index (χ3n) is 4.29. The molecule has 1 N–H and O–H groups in total. The quantitative estimate of drug-likeness (QED) is 0.803. The standard InChI is InChI=1S/C20H15F2N3O3/c1-11-15(21)6-14(7-16(11)22)24-17-8-19(26)25(20(17)27)10-12-3-4-18(28-2)13(5-12)9-23/h3-8,24H,10H2,1-2H3. The Morgan fingerprint density at radius 3 is 2.46 bits per heavy atom. The lowest BCUT2D eigenvalue weighted by molar-refractivity contribution is -0.137. The van der Waals surface area contributed by atoms with Crippen LogP contribution in [-0.2, 0) is 16.1 Å². The van der Waals surface area contributed by atoms with E-state index in [-0.39, 0.29) is 29.1 Å². The van der Waals surface area contributed by atoms with E-state index in [2.05, 4.69) is 5.32 Å². The maximum absolute atomic E-state index is 13.7. The lowest BCUT2D eigenvalue weighted by Crippen LogP contribution is -2.31. The van der Waals surface area contributed by atoms with Crippen LogP contribution in [-0.4, -0.2) is 23.8 Å². The third-order valence-corrected chi connectivity index (χ3v) is 4.29. The Morgan fingerprint density at radius 2 is 1.86 bits per heavy atom. The Morgan fingerprint density at radius 1 is 1.18 bits per heavy atom. The summed E-state index contributed by atoms with van der Waals surface area (Å²) < 4.78 is 32.4. The number of nitrogens with zero attached hydrogens (tertiary/aromatic N) is 2. The van der Waals surface area contributed by atoms with Gasteiger partial charge in [0.2, 0.25) is 0 Å². The molecule has 3 rings (SSSR count). The highest BCUT2D eigenvalue weighted by Gasteiger charge is 2.31. The van der Waals surface area contributed by atoms with E-state index in [0.29, 0.717) is 11.3 Å². The van der Waals surface area contributed by atoms with E-state index < -0.39 is 23.4 Å². The van der Waals surface area contributed by atoms with Crippen LogP contribution in [0.15, 0.2) is 42.1 Å². The van der Waals surface area contributed by atoms with Gasteiger partial charge in [0, 0.05) is 17.3 Å². The second kappa shape index (κ2) is 7.48. The number of imide groups is 1. The number of nitrogens with one attached hydrogen (secondary N) is 1. The average Bonchev–Trinajstić information content (AvgIpc) is 2.93. The lowest BCUT2D eigenvalue weighted by atomic mass is 10.1. The van der Waals surface area contributed by atoms with E-state index in [0.717, 1.165) is 23.1 Å². The highest BCUT2D eigenvalue weighted by atomic mass is 19.1. The number of benzene rings is 2. The monoisotopic (exact) mass is 383 g/mol.